The molecule has 0 spiro atoms. The molecule has 7 heteroatoms. The summed E-state index contributed by atoms with van der Waals surface area (Å²) in [6, 6.07) is 11.4. The number of hydrogen-bond acceptors (Lipinski definition) is 6. The normalized spacial score (nSPS) is 11.9. The molecule has 0 aliphatic carbocycles. The first-order valence-corrected chi connectivity index (χ1v) is 7.84. The Bertz CT molecular complexity index is 755. The van der Waals surface area contributed by atoms with Gasteiger partial charge in [0, 0.05) is 0 Å². The lowest BCUT2D eigenvalue weighted by atomic mass is 10.2. The molecule has 0 unspecified atom stereocenters. The first kappa shape index (κ1) is 14.2. The van der Waals surface area contributed by atoms with Crippen LogP contribution in [0.25, 0.3) is 0 Å². The summed E-state index contributed by atoms with van der Waals surface area (Å²) in [7, 11) is -4.01. The molecule has 0 fully saturated rings. The van der Waals surface area contributed by atoms with Crippen molar-refractivity contribution in [3.8, 4) is 6.07 Å². The van der Waals surface area contributed by atoms with Crippen LogP contribution in [0.2, 0.25) is 0 Å². The Morgan fingerprint density at radius 1 is 1.30 bits per heavy atom. The van der Waals surface area contributed by atoms with Crippen molar-refractivity contribution in [3.05, 3.63) is 52.2 Å². The molecule has 5 nitrogen and oxygen atoms in total. The molecule has 0 bridgehead atoms. The van der Waals surface area contributed by atoms with Gasteiger partial charge in [-0.2, -0.15) is 13.7 Å². The highest BCUT2D eigenvalue weighted by atomic mass is 32.2. The van der Waals surface area contributed by atoms with Crippen LogP contribution >= 0.6 is 11.3 Å². The predicted octanol–water partition coefficient (Wildman–Crippen LogP) is 2.69. The average molecular weight is 306 g/mol. The molecule has 0 radical (unpaired) electrons. The van der Waals surface area contributed by atoms with E-state index in [2.05, 4.69) is 9.44 Å². The molecule has 1 aromatic carbocycles. The second-order valence-electron chi connectivity index (χ2n) is 3.87. The van der Waals surface area contributed by atoms with Gasteiger partial charge < -0.3 is 0 Å². The summed E-state index contributed by atoms with van der Waals surface area (Å²) in [4.78, 5) is 0.543. The standard InChI is InChI=1S/C13H10N2O3S2/c1-10-4-6-11(7-5-10)20(16,17)18-15-12(9-14)13-3-2-8-19-13/h2-8H,1H3. The molecular weight excluding hydrogens is 296 g/mol. The highest BCUT2D eigenvalue weighted by Crippen LogP contribution is 2.15. The molecule has 1 heterocycles. The second-order valence-corrected chi connectivity index (χ2v) is 6.35. The van der Waals surface area contributed by atoms with Crippen molar-refractivity contribution >= 4 is 27.2 Å². The van der Waals surface area contributed by atoms with Crippen molar-refractivity contribution in [1.29, 1.82) is 5.26 Å². The van der Waals surface area contributed by atoms with Crippen LogP contribution in [0.3, 0.4) is 0 Å². The molecule has 2 aromatic rings. The van der Waals surface area contributed by atoms with Crippen molar-refractivity contribution in [1.82, 2.24) is 0 Å². The Kier molecular flexibility index (Phi) is 4.17. The fourth-order valence-electron chi connectivity index (χ4n) is 1.37. The van der Waals surface area contributed by atoms with Crippen LogP contribution in [-0.4, -0.2) is 14.1 Å². The van der Waals surface area contributed by atoms with Gasteiger partial charge in [0.15, 0.2) is 5.71 Å². The van der Waals surface area contributed by atoms with Crippen LogP contribution in [0.5, 0.6) is 0 Å². The average Bonchev–Trinajstić information content (AvgIpc) is 2.94. The molecule has 1 aromatic heterocycles. The van der Waals surface area contributed by atoms with Crippen molar-refractivity contribution in [2.75, 3.05) is 0 Å². The Hall–Kier alpha value is -2.17. The molecule has 0 aliphatic heterocycles. The first-order chi connectivity index (χ1) is 9.53. The number of aryl methyl sites for hydroxylation is 1. The summed E-state index contributed by atoms with van der Waals surface area (Å²) in [5.41, 5.74) is 0.861. The van der Waals surface area contributed by atoms with Gasteiger partial charge in [-0.05, 0) is 30.5 Å². The Morgan fingerprint density at radius 2 is 2.00 bits per heavy atom. The van der Waals surface area contributed by atoms with Crippen LogP contribution in [0.4, 0.5) is 0 Å². The van der Waals surface area contributed by atoms with Crippen molar-refractivity contribution < 1.29 is 12.7 Å². The number of hydrogen-bond donors (Lipinski definition) is 0. The zero-order valence-electron chi connectivity index (χ0n) is 10.5. The van der Waals surface area contributed by atoms with Gasteiger partial charge in [-0.25, -0.2) is 0 Å². The van der Waals surface area contributed by atoms with E-state index in [0.717, 1.165) is 5.56 Å². The highest BCUT2D eigenvalue weighted by Gasteiger charge is 2.16. The fraction of sp³-hybridized carbons (Fsp3) is 0.0769. The zero-order chi connectivity index (χ0) is 14.6. The quantitative estimate of drug-likeness (QED) is 0.642. The predicted molar refractivity (Wildman–Crippen MR) is 75.9 cm³/mol. The molecule has 0 saturated heterocycles. The van der Waals surface area contributed by atoms with Gasteiger partial charge in [0.2, 0.25) is 0 Å². The molecule has 0 N–H and O–H groups in total. The topological polar surface area (TPSA) is 79.5 Å². The monoisotopic (exact) mass is 306 g/mol. The Balaban J connectivity index is 2.25. The summed E-state index contributed by atoms with van der Waals surface area (Å²) >= 11 is 1.28. The van der Waals surface area contributed by atoms with Gasteiger partial charge >= 0.3 is 10.1 Å². The minimum absolute atomic E-state index is 0.00433. The van der Waals surface area contributed by atoms with Gasteiger partial charge in [-0.15, -0.1) is 11.3 Å². The largest absolute Gasteiger partial charge is 0.358 e. The van der Waals surface area contributed by atoms with E-state index in [1.54, 1.807) is 29.6 Å². The zero-order valence-corrected chi connectivity index (χ0v) is 12.1. The van der Waals surface area contributed by atoms with E-state index in [1.165, 1.54) is 23.5 Å². The van der Waals surface area contributed by atoms with Crippen LogP contribution < -0.4 is 0 Å². The van der Waals surface area contributed by atoms with E-state index in [-0.39, 0.29) is 10.6 Å². The van der Waals surface area contributed by atoms with E-state index in [1.807, 2.05) is 13.0 Å². The van der Waals surface area contributed by atoms with E-state index >= 15 is 0 Å². The van der Waals surface area contributed by atoms with E-state index in [4.69, 9.17) is 5.26 Å². The maximum Gasteiger partial charge on any atom is 0.358 e. The van der Waals surface area contributed by atoms with Crippen LogP contribution in [-0.2, 0) is 14.4 Å². The maximum absolute atomic E-state index is 11.9. The minimum Gasteiger partial charge on any atom is -0.263 e. The smallest absolute Gasteiger partial charge is 0.263 e. The third kappa shape index (κ3) is 3.23. The minimum atomic E-state index is -4.01. The Labute approximate surface area is 120 Å². The first-order valence-electron chi connectivity index (χ1n) is 5.55. The number of nitriles is 1. The van der Waals surface area contributed by atoms with Crippen LogP contribution in [0, 0.1) is 18.3 Å². The molecule has 0 amide bonds. The summed E-state index contributed by atoms with van der Waals surface area (Å²) < 4.78 is 28.4. The number of thiophene rings is 1. The van der Waals surface area contributed by atoms with Gasteiger partial charge in [0.1, 0.15) is 11.0 Å². The van der Waals surface area contributed by atoms with Crippen molar-refractivity contribution in [2.24, 2.45) is 5.16 Å². The lowest BCUT2D eigenvalue weighted by Gasteiger charge is -2.02. The highest BCUT2D eigenvalue weighted by molar-refractivity contribution is 7.86. The molecule has 0 atom stereocenters. The van der Waals surface area contributed by atoms with E-state index in [9.17, 15) is 8.42 Å². The number of benzene rings is 1. The molecule has 20 heavy (non-hydrogen) atoms. The molecule has 2 rings (SSSR count). The summed E-state index contributed by atoms with van der Waals surface area (Å²) in [5.74, 6) is 0. The van der Waals surface area contributed by atoms with Gasteiger partial charge in [0.05, 0.1) is 4.88 Å². The van der Waals surface area contributed by atoms with E-state index < -0.39 is 10.1 Å². The van der Waals surface area contributed by atoms with Crippen LogP contribution in [0.15, 0.2) is 51.8 Å². The lowest BCUT2D eigenvalue weighted by Crippen LogP contribution is -2.05. The van der Waals surface area contributed by atoms with E-state index in [0.29, 0.717) is 4.88 Å². The number of oxime groups is 1. The molecule has 0 aliphatic rings. The number of nitrogens with zero attached hydrogens (tertiary/aromatic N) is 2. The third-order valence-corrected chi connectivity index (χ3v) is 4.39. The SMILES string of the molecule is Cc1ccc(S(=O)(=O)ON=C(C#N)c2cccs2)cc1. The third-order valence-electron chi connectivity index (χ3n) is 2.40. The van der Waals surface area contributed by atoms with Crippen molar-refractivity contribution in [3.63, 3.8) is 0 Å². The second kappa shape index (κ2) is 5.86. The molecule has 0 saturated carbocycles. The van der Waals surface area contributed by atoms with Gasteiger partial charge in [0.25, 0.3) is 0 Å². The van der Waals surface area contributed by atoms with Gasteiger partial charge in [-0.3, -0.25) is 4.28 Å². The summed E-state index contributed by atoms with van der Waals surface area (Å²) in [5, 5.41) is 14.1. The molecule has 102 valence electrons. The Morgan fingerprint density at radius 3 is 2.55 bits per heavy atom. The van der Waals surface area contributed by atoms with Crippen LogP contribution in [0.1, 0.15) is 10.4 Å². The summed E-state index contributed by atoms with van der Waals surface area (Å²) in [6.45, 7) is 1.85. The fourth-order valence-corrected chi connectivity index (χ4v) is 2.75. The summed E-state index contributed by atoms with van der Waals surface area (Å²) in [6.07, 6.45) is 0. The maximum atomic E-state index is 11.9. The van der Waals surface area contributed by atoms with Gasteiger partial charge in [-0.1, -0.05) is 28.9 Å². The van der Waals surface area contributed by atoms with Crippen molar-refractivity contribution in [2.45, 2.75) is 11.8 Å². The lowest BCUT2D eigenvalue weighted by molar-refractivity contribution is 0.339. The molecular formula is C13H10N2O3S2. The number of rotatable bonds is 4.